The van der Waals surface area contributed by atoms with Crippen LogP contribution < -0.4 is 11.1 Å². The van der Waals surface area contributed by atoms with Gasteiger partial charge in [-0.1, -0.05) is 26.7 Å². The molecule has 2 atom stereocenters. The Morgan fingerprint density at radius 1 is 1.14 bits per heavy atom. The zero-order valence-electron chi connectivity index (χ0n) is 18.2. The summed E-state index contributed by atoms with van der Waals surface area (Å²) in [4.78, 5) is 21.4. The van der Waals surface area contributed by atoms with Crippen LogP contribution in [0, 0.1) is 11.8 Å². The Morgan fingerprint density at radius 2 is 1.82 bits per heavy atom. The lowest BCUT2D eigenvalue weighted by Crippen LogP contribution is -2.48. The molecule has 164 valence electrons. The standard InChI is InChI=1S/C21H41N5O.HI/c1-4-23-21(26-13-9-10-18(16-26)14-20(22)27)24-15-19(17(2)3)25-11-7-5-6-8-12-25;/h17-19H,4-16H2,1-3H3,(H2,22,27)(H,23,24);1H. The van der Waals surface area contributed by atoms with Gasteiger partial charge in [0.05, 0.1) is 6.54 Å². The average molecular weight is 508 g/mol. The molecule has 0 bridgehead atoms. The Kier molecular flexibility index (Phi) is 12.4. The summed E-state index contributed by atoms with van der Waals surface area (Å²) in [7, 11) is 0. The number of hydrogen-bond acceptors (Lipinski definition) is 3. The van der Waals surface area contributed by atoms with Gasteiger partial charge in [-0.2, -0.15) is 0 Å². The molecule has 0 aromatic carbocycles. The van der Waals surface area contributed by atoms with Crippen molar-refractivity contribution in [2.45, 2.75) is 71.8 Å². The first-order valence-corrected chi connectivity index (χ1v) is 11.1. The van der Waals surface area contributed by atoms with E-state index in [0.29, 0.717) is 24.3 Å². The Balaban J connectivity index is 0.00000392. The van der Waals surface area contributed by atoms with Crippen molar-refractivity contribution < 1.29 is 4.79 Å². The molecular weight excluding hydrogens is 465 g/mol. The molecule has 0 aromatic heterocycles. The summed E-state index contributed by atoms with van der Waals surface area (Å²) in [5, 5.41) is 3.48. The molecule has 2 rings (SSSR count). The Bertz CT molecular complexity index is 477. The molecule has 0 saturated carbocycles. The quantitative estimate of drug-likeness (QED) is 0.316. The first-order valence-electron chi connectivity index (χ1n) is 11.1. The highest BCUT2D eigenvalue weighted by molar-refractivity contribution is 14.0. The smallest absolute Gasteiger partial charge is 0.217 e. The van der Waals surface area contributed by atoms with E-state index >= 15 is 0 Å². The molecule has 2 fully saturated rings. The predicted molar refractivity (Wildman–Crippen MR) is 128 cm³/mol. The lowest BCUT2D eigenvalue weighted by atomic mass is 9.95. The van der Waals surface area contributed by atoms with Gasteiger partial charge in [0.25, 0.3) is 0 Å². The minimum atomic E-state index is -0.190. The van der Waals surface area contributed by atoms with Crippen molar-refractivity contribution in [3.8, 4) is 0 Å². The van der Waals surface area contributed by atoms with Crippen LogP contribution in [-0.2, 0) is 4.79 Å². The molecule has 7 heteroatoms. The van der Waals surface area contributed by atoms with E-state index in [4.69, 9.17) is 10.7 Å². The number of rotatable bonds is 7. The molecule has 0 aromatic rings. The van der Waals surface area contributed by atoms with Gasteiger partial charge in [0, 0.05) is 32.1 Å². The van der Waals surface area contributed by atoms with E-state index in [1.54, 1.807) is 0 Å². The average Bonchev–Trinajstić information content (AvgIpc) is 2.90. The van der Waals surface area contributed by atoms with Gasteiger partial charge in [-0.05, 0) is 57.5 Å². The Labute approximate surface area is 189 Å². The van der Waals surface area contributed by atoms with E-state index < -0.39 is 0 Å². The minimum absolute atomic E-state index is 0. The highest BCUT2D eigenvalue weighted by atomic mass is 127. The number of nitrogens with zero attached hydrogens (tertiary/aromatic N) is 3. The zero-order valence-corrected chi connectivity index (χ0v) is 20.5. The van der Waals surface area contributed by atoms with Crippen LogP contribution in [0.1, 0.15) is 65.7 Å². The number of nitrogens with one attached hydrogen (secondary N) is 1. The van der Waals surface area contributed by atoms with Crippen LogP contribution in [0.4, 0.5) is 0 Å². The fourth-order valence-electron chi connectivity index (χ4n) is 4.49. The van der Waals surface area contributed by atoms with E-state index in [0.717, 1.165) is 45.0 Å². The van der Waals surface area contributed by atoms with Crippen LogP contribution >= 0.6 is 24.0 Å². The topological polar surface area (TPSA) is 74.0 Å². The van der Waals surface area contributed by atoms with Crippen molar-refractivity contribution in [3.63, 3.8) is 0 Å². The maximum Gasteiger partial charge on any atom is 0.217 e. The number of hydrogen-bond donors (Lipinski definition) is 2. The molecule has 2 heterocycles. The maximum absolute atomic E-state index is 11.3. The predicted octanol–water partition coefficient (Wildman–Crippen LogP) is 3.06. The third-order valence-electron chi connectivity index (χ3n) is 5.95. The van der Waals surface area contributed by atoms with Crippen molar-refractivity contribution in [1.82, 2.24) is 15.1 Å². The van der Waals surface area contributed by atoms with Crippen molar-refractivity contribution in [2.24, 2.45) is 22.6 Å². The second kappa shape index (κ2) is 13.6. The Hall–Kier alpha value is -0.570. The van der Waals surface area contributed by atoms with Gasteiger partial charge in [-0.25, -0.2) is 0 Å². The molecule has 2 aliphatic heterocycles. The van der Waals surface area contributed by atoms with E-state index in [1.165, 1.54) is 38.8 Å². The molecule has 1 amide bonds. The zero-order chi connectivity index (χ0) is 19.6. The molecule has 3 N–H and O–H groups in total. The summed E-state index contributed by atoms with van der Waals surface area (Å²) in [6.07, 6.45) is 8.02. The van der Waals surface area contributed by atoms with Crippen LogP contribution in [0.25, 0.3) is 0 Å². The number of primary amides is 1. The number of aliphatic imine (C=N–C) groups is 1. The van der Waals surface area contributed by atoms with Crippen LogP contribution in [0.3, 0.4) is 0 Å². The van der Waals surface area contributed by atoms with Crippen LogP contribution in [0.5, 0.6) is 0 Å². The fraction of sp³-hybridized carbons (Fsp3) is 0.905. The first-order chi connectivity index (χ1) is 13.0. The number of likely N-dealkylation sites (tertiary alicyclic amines) is 2. The number of guanidine groups is 1. The number of carbonyl (C=O) groups excluding carboxylic acids is 1. The number of nitrogens with two attached hydrogens (primary N) is 1. The van der Waals surface area contributed by atoms with Crippen molar-refractivity contribution in [1.29, 1.82) is 0 Å². The summed E-state index contributed by atoms with van der Waals surface area (Å²) < 4.78 is 0. The molecule has 0 radical (unpaired) electrons. The molecule has 2 unspecified atom stereocenters. The molecule has 6 nitrogen and oxygen atoms in total. The van der Waals surface area contributed by atoms with Crippen molar-refractivity contribution >= 4 is 35.8 Å². The monoisotopic (exact) mass is 507 g/mol. The Morgan fingerprint density at radius 3 is 2.39 bits per heavy atom. The van der Waals surface area contributed by atoms with E-state index in [2.05, 4.69) is 35.9 Å². The van der Waals surface area contributed by atoms with Gasteiger partial charge in [0.2, 0.25) is 5.91 Å². The van der Waals surface area contributed by atoms with E-state index in [1.807, 2.05) is 0 Å². The second-order valence-electron chi connectivity index (χ2n) is 8.58. The van der Waals surface area contributed by atoms with Crippen LogP contribution in [0.15, 0.2) is 4.99 Å². The van der Waals surface area contributed by atoms with Crippen molar-refractivity contribution in [3.05, 3.63) is 0 Å². The number of halogens is 1. The van der Waals surface area contributed by atoms with Gasteiger partial charge >= 0.3 is 0 Å². The highest BCUT2D eigenvalue weighted by Crippen LogP contribution is 2.21. The lowest BCUT2D eigenvalue weighted by molar-refractivity contribution is -0.119. The molecule has 0 aliphatic carbocycles. The third-order valence-corrected chi connectivity index (χ3v) is 5.95. The van der Waals surface area contributed by atoms with Crippen molar-refractivity contribution in [2.75, 3.05) is 39.3 Å². The number of carbonyl (C=O) groups is 1. The van der Waals surface area contributed by atoms with Gasteiger partial charge in [0.1, 0.15) is 0 Å². The van der Waals surface area contributed by atoms with Crippen LogP contribution in [-0.4, -0.2) is 67.0 Å². The molecule has 28 heavy (non-hydrogen) atoms. The second-order valence-corrected chi connectivity index (χ2v) is 8.58. The van der Waals surface area contributed by atoms with Gasteiger partial charge in [0.15, 0.2) is 5.96 Å². The normalized spacial score (nSPS) is 23.1. The summed E-state index contributed by atoms with van der Waals surface area (Å²) in [5.41, 5.74) is 5.42. The number of piperidine rings is 1. The third kappa shape index (κ3) is 8.43. The molecule has 0 spiro atoms. The van der Waals surface area contributed by atoms with Crippen LogP contribution in [0.2, 0.25) is 0 Å². The lowest BCUT2D eigenvalue weighted by Gasteiger charge is -2.36. The molecular formula is C21H42IN5O. The summed E-state index contributed by atoms with van der Waals surface area (Å²) in [6, 6.07) is 0.503. The first kappa shape index (κ1) is 25.5. The van der Waals surface area contributed by atoms with E-state index in [-0.39, 0.29) is 29.9 Å². The highest BCUT2D eigenvalue weighted by Gasteiger charge is 2.26. The summed E-state index contributed by atoms with van der Waals surface area (Å²) in [5.74, 6) is 1.77. The summed E-state index contributed by atoms with van der Waals surface area (Å²) >= 11 is 0. The minimum Gasteiger partial charge on any atom is -0.370 e. The van der Waals surface area contributed by atoms with Gasteiger partial charge < -0.3 is 16.0 Å². The van der Waals surface area contributed by atoms with E-state index in [9.17, 15) is 4.79 Å². The number of amides is 1. The SMILES string of the molecule is CCNC(=NCC(C(C)C)N1CCCCCC1)N1CCCC(CC(N)=O)C1.I. The van der Waals surface area contributed by atoms with Gasteiger partial charge in [-0.15, -0.1) is 24.0 Å². The van der Waals surface area contributed by atoms with Gasteiger partial charge in [-0.3, -0.25) is 14.7 Å². The largest absolute Gasteiger partial charge is 0.370 e. The maximum atomic E-state index is 11.3. The molecule has 2 saturated heterocycles. The molecule has 2 aliphatic rings. The summed E-state index contributed by atoms with van der Waals surface area (Å²) in [6.45, 7) is 12.8. The fourth-order valence-corrected chi connectivity index (χ4v) is 4.49.